The van der Waals surface area contributed by atoms with Gasteiger partial charge in [0.15, 0.2) is 5.05 Å². The van der Waals surface area contributed by atoms with Crippen LogP contribution in [0.25, 0.3) is 0 Å². The number of para-hydroxylation sites is 1. The van der Waals surface area contributed by atoms with Crippen LogP contribution < -0.4 is 11.3 Å². The van der Waals surface area contributed by atoms with Crippen LogP contribution in [0.1, 0.15) is 5.56 Å². The second-order valence-corrected chi connectivity index (χ2v) is 2.38. The highest BCUT2D eigenvalue weighted by molar-refractivity contribution is 7.80. The van der Waals surface area contributed by atoms with Crippen molar-refractivity contribution in [3.8, 4) is 0 Å². The molecular weight excluding hydrogens is 160 g/mol. The second-order valence-electron chi connectivity index (χ2n) is 2.00. The highest BCUT2D eigenvalue weighted by atomic mass is 32.1. The Bertz CT molecular complexity index is 275. The van der Waals surface area contributed by atoms with Gasteiger partial charge in [-0.05, 0) is 24.4 Å². The fraction of sp³-hybridized carbons (Fsp3) is 0. The highest BCUT2D eigenvalue weighted by Gasteiger charge is 2.02. The molecule has 0 saturated carbocycles. The molecule has 11 heavy (non-hydrogen) atoms. The number of aliphatic hydroxyl groups excluding tert-OH is 1. The van der Waals surface area contributed by atoms with E-state index >= 15 is 0 Å². The molecule has 0 aliphatic carbocycles. The third-order valence-corrected chi connectivity index (χ3v) is 1.53. The summed E-state index contributed by atoms with van der Waals surface area (Å²) in [5, 5.41) is 8.82. The largest absolute Gasteiger partial charge is 0.498 e. The van der Waals surface area contributed by atoms with Gasteiger partial charge in [0.05, 0.1) is 11.3 Å². The van der Waals surface area contributed by atoms with Crippen LogP contribution in [0.2, 0.25) is 0 Å². The van der Waals surface area contributed by atoms with Gasteiger partial charge < -0.3 is 10.5 Å². The lowest BCUT2D eigenvalue weighted by Crippen LogP contribution is -2.10. The first-order valence-electron chi connectivity index (χ1n) is 3.04. The van der Waals surface area contributed by atoms with Crippen molar-refractivity contribution in [3.05, 3.63) is 29.8 Å². The van der Waals surface area contributed by atoms with Gasteiger partial charge in [0, 0.05) is 0 Å². The van der Waals surface area contributed by atoms with E-state index in [1.165, 1.54) is 0 Å². The zero-order valence-electron chi connectivity index (χ0n) is 5.74. The number of nitrogens with one attached hydrogen (secondary N) is 1. The van der Waals surface area contributed by atoms with Gasteiger partial charge in [-0.2, -0.15) is 0 Å². The van der Waals surface area contributed by atoms with Crippen molar-refractivity contribution in [1.29, 1.82) is 0 Å². The van der Waals surface area contributed by atoms with E-state index in [1.54, 1.807) is 24.3 Å². The van der Waals surface area contributed by atoms with Gasteiger partial charge in [0.2, 0.25) is 0 Å². The summed E-state index contributed by atoms with van der Waals surface area (Å²) in [6.07, 6.45) is 0. The molecule has 58 valence electrons. The predicted octanol–water partition coefficient (Wildman–Crippen LogP) is 1.21. The predicted molar refractivity (Wildman–Crippen MR) is 48.6 cm³/mol. The summed E-state index contributed by atoms with van der Waals surface area (Å²) in [5.74, 6) is 5.17. The smallest absolute Gasteiger partial charge is 0.190 e. The molecule has 0 unspecified atom stereocenters. The van der Waals surface area contributed by atoms with Gasteiger partial charge >= 0.3 is 0 Å². The minimum absolute atomic E-state index is 0.154. The van der Waals surface area contributed by atoms with Crippen LogP contribution in [0.5, 0.6) is 0 Å². The molecule has 0 bridgehead atoms. The van der Waals surface area contributed by atoms with E-state index in [-0.39, 0.29) is 5.05 Å². The van der Waals surface area contributed by atoms with Crippen molar-refractivity contribution < 1.29 is 5.11 Å². The number of hydrazine groups is 1. The van der Waals surface area contributed by atoms with E-state index in [4.69, 9.17) is 10.9 Å². The molecule has 3 nitrogen and oxygen atoms in total. The third kappa shape index (κ3) is 1.66. The maximum absolute atomic E-state index is 8.97. The summed E-state index contributed by atoms with van der Waals surface area (Å²) in [4.78, 5) is 0. The molecule has 1 aromatic carbocycles. The molecule has 0 saturated heterocycles. The van der Waals surface area contributed by atoms with Crippen molar-refractivity contribution in [2.24, 2.45) is 5.84 Å². The van der Waals surface area contributed by atoms with Crippen molar-refractivity contribution in [1.82, 2.24) is 0 Å². The van der Waals surface area contributed by atoms with Gasteiger partial charge in [-0.15, -0.1) is 0 Å². The van der Waals surface area contributed by atoms with E-state index in [0.29, 0.717) is 11.3 Å². The molecule has 0 fully saturated rings. The van der Waals surface area contributed by atoms with Crippen LogP contribution in [0.3, 0.4) is 0 Å². The minimum Gasteiger partial charge on any atom is -0.498 e. The molecule has 0 aliphatic heterocycles. The SMILES string of the molecule is NNc1ccccc1C(O)=S. The molecule has 1 rings (SSSR count). The Kier molecular flexibility index (Phi) is 2.40. The second kappa shape index (κ2) is 3.32. The number of hydrogen-bond donors (Lipinski definition) is 3. The minimum atomic E-state index is -0.154. The van der Waals surface area contributed by atoms with E-state index in [2.05, 4.69) is 17.6 Å². The maximum atomic E-state index is 8.97. The lowest BCUT2D eigenvalue weighted by molar-refractivity contribution is 0.571. The lowest BCUT2D eigenvalue weighted by Gasteiger charge is -2.04. The maximum Gasteiger partial charge on any atom is 0.190 e. The summed E-state index contributed by atoms with van der Waals surface area (Å²) in [7, 11) is 0. The van der Waals surface area contributed by atoms with Crippen LogP contribution in [0, 0.1) is 0 Å². The average Bonchev–Trinajstić information content (AvgIpc) is 2.04. The number of thiocarbonyl (C=S) groups is 1. The zero-order chi connectivity index (χ0) is 8.27. The Balaban J connectivity index is 3.12. The fourth-order valence-corrected chi connectivity index (χ4v) is 0.973. The number of rotatable bonds is 2. The molecule has 1 aromatic rings. The Morgan fingerprint density at radius 3 is 2.55 bits per heavy atom. The Morgan fingerprint density at radius 2 is 2.09 bits per heavy atom. The number of anilines is 1. The van der Waals surface area contributed by atoms with Crippen LogP contribution in [-0.2, 0) is 0 Å². The molecule has 0 spiro atoms. The molecular formula is C7H8N2OS. The van der Waals surface area contributed by atoms with Crippen molar-refractivity contribution >= 4 is 23.0 Å². The Labute approximate surface area is 69.8 Å². The van der Waals surface area contributed by atoms with Gasteiger partial charge in [-0.1, -0.05) is 12.1 Å². The first-order valence-corrected chi connectivity index (χ1v) is 3.45. The summed E-state index contributed by atoms with van der Waals surface area (Å²) >= 11 is 4.58. The number of nitrogens with two attached hydrogens (primary N) is 1. The monoisotopic (exact) mass is 168 g/mol. The van der Waals surface area contributed by atoms with Crippen LogP contribution >= 0.6 is 12.2 Å². The van der Waals surface area contributed by atoms with E-state index < -0.39 is 0 Å². The number of nitrogen functional groups attached to an aromatic ring is 1. The van der Waals surface area contributed by atoms with E-state index in [9.17, 15) is 0 Å². The fourth-order valence-electron chi connectivity index (χ4n) is 0.795. The number of hydrogen-bond acceptors (Lipinski definition) is 3. The van der Waals surface area contributed by atoms with Crippen molar-refractivity contribution in [3.63, 3.8) is 0 Å². The molecule has 0 heterocycles. The van der Waals surface area contributed by atoms with Crippen LogP contribution in [-0.4, -0.2) is 10.2 Å². The van der Waals surface area contributed by atoms with Gasteiger partial charge in [0.1, 0.15) is 0 Å². The molecule has 4 heteroatoms. The van der Waals surface area contributed by atoms with Crippen molar-refractivity contribution in [2.45, 2.75) is 0 Å². The standard InChI is InChI=1S/C7H8N2OS/c8-9-6-4-2-1-3-5(6)7(10)11/h1-4,9H,8H2,(H,10,11). The van der Waals surface area contributed by atoms with Gasteiger partial charge in [-0.25, -0.2) is 0 Å². The number of benzene rings is 1. The Morgan fingerprint density at radius 1 is 1.45 bits per heavy atom. The third-order valence-electron chi connectivity index (χ3n) is 1.31. The lowest BCUT2D eigenvalue weighted by atomic mass is 10.2. The molecule has 0 atom stereocenters. The van der Waals surface area contributed by atoms with E-state index in [1.807, 2.05) is 0 Å². The quantitative estimate of drug-likeness (QED) is 0.353. The van der Waals surface area contributed by atoms with Crippen LogP contribution in [0.4, 0.5) is 5.69 Å². The normalized spacial score (nSPS) is 9.18. The molecule has 4 N–H and O–H groups in total. The Hall–Kier alpha value is -1.13. The van der Waals surface area contributed by atoms with Crippen molar-refractivity contribution in [2.75, 3.05) is 5.43 Å². The first kappa shape index (κ1) is 7.97. The van der Waals surface area contributed by atoms with E-state index in [0.717, 1.165) is 0 Å². The molecule has 0 aromatic heterocycles. The topological polar surface area (TPSA) is 58.3 Å². The van der Waals surface area contributed by atoms with Gasteiger partial charge in [-0.3, -0.25) is 5.84 Å². The average molecular weight is 168 g/mol. The summed E-state index contributed by atoms with van der Waals surface area (Å²) in [5.41, 5.74) is 3.60. The van der Waals surface area contributed by atoms with Gasteiger partial charge in [0.25, 0.3) is 0 Å². The first-order chi connectivity index (χ1) is 5.25. The molecule has 0 aliphatic rings. The molecule has 0 amide bonds. The zero-order valence-corrected chi connectivity index (χ0v) is 6.56. The summed E-state index contributed by atoms with van der Waals surface area (Å²) < 4.78 is 0. The summed E-state index contributed by atoms with van der Waals surface area (Å²) in [6, 6.07) is 7.00. The number of aliphatic hydroxyl groups is 1. The van der Waals surface area contributed by atoms with Crippen LogP contribution in [0.15, 0.2) is 24.3 Å². The highest BCUT2D eigenvalue weighted by Crippen LogP contribution is 2.13. The summed E-state index contributed by atoms with van der Waals surface area (Å²) in [6.45, 7) is 0. The molecule has 0 radical (unpaired) electrons.